The van der Waals surface area contributed by atoms with E-state index in [1.54, 1.807) is 12.1 Å². The van der Waals surface area contributed by atoms with Crippen LogP contribution in [0.5, 0.6) is 0 Å². The van der Waals surface area contributed by atoms with Crippen LogP contribution in [0.3, 0.4) is 0 Å². The summed E-state index contributed by atoms with van der Waals surface area (Å²) in [6.45, 7) is 3.71. The van der Waals surface area contributed by atoms with Gasteiger partial charge in [-0.25, -0.2) is 4.68 Å². The maximum atomic E-state index is 12.7. The smallest absolute Gasteiger partial charge is 0.280 e. The van der Waals surface area contributed by atoms with Gasteiger partial charge in [-0.05, 0) is 50.2 Å². The summed E-state index contributed by atoms with van der Waals surface area (Å²) in [4.78, 5) is 17.2. The van der Waals surface area contributed by atoms with Crippen molar-refractivity contribution in [1.29, 1.82) is 0 Å². The first-order chi connectivity index (χ1) is 11.1. The molecule has 5 heteroatoms. The SMILES string of the molecule is CC(=Nc1ccc(Cl)cc1)c1c(C)[nH]n(-c2ccccc2)c1=O. The fraction of sp³-hybridized carbons (Fsp3) is 0.111. The predicted octanol–water partition coefficient (Wildman–Crippen LogP) is 4.27. The van der Waals surface area contributed by atoms with Crippen molar-refractivity contribution in [2.45, 2.75) is 13.8 Å². The number of H-pyrrole nitrogens is 1. The molecule has 0 saturated carbocycles. The van der Waals surface area contributed by atoms with Crippen LogP contribution in [0.4, 0.5) is 5.69 Å². The van der Waals surface area contributed by atoms with E-state index in [0.717, 1.165) is 17.1 Å². The lowest BCUT2D eigenvalue weighted by Gasteiger charge is -2.00. The van der Waals surface area contributed by atoms with E-state index in [1.807, 2.05) is 56.3 Å². The lowest BCUT2D eigenvalue weighted by atomic mass is 10.1. The van der Waals surface area contributed by atoms with Gasteiger partial charge in [0, 0.05) is 10.7 Å². The van der Waals surface area contributed by atoms with Gasteiger partial charge < -0.3 is 0 Å². The molecule has 0 aliphatic carbocycles. The highest BCUT2D eigenvalue weighted by molar-refractivity contribution is 6.30. The van der Waals surface area contributed by atoms with E-state index in [0.29, 0.717) is 16.3 Å². The normalized spacial score (nSPS) is 11.7. The third kappa shape index (κ3) is 3.12. The molecule has 0 atom stereocenters. The van der Waals surface area contributed by atoms with Gasteiger partial charge in [0.15, 0.2) is 0 Å². The summed E-state index contributed by atoms with van der Waals surface area (Å²) >= 11 is 5.88. The third-order valence-electron chi connectivity index (χ3n) is 3.57. The zero-order chi connectivity index (χ0) is 16.4. The number of rotatable bonds is 3. The number of nitrogens with zero attached hydrogens (tertiary/aromatic N) is 2. The van der Waals surface area contributed by atoms with Gasteiger partial charge in [-0.1, -0.05) is 29.8 Å². The van der Waals surface area contributed by atoms with Crippen molar-refractivity contribution in [2.24, 2.45) is 4.99 Å². The fourth-order valence-electron chi connectivity index (χ4n) is 2.50. The van der Waals surface area contributed by atoms with Crippen LogP contribution in [-0.4, -0.2) is 15.5 Å². The Morgan fingerprint density at radius 1 is 1.09 bits per heavy atom. The largest absolute Gasteiger partial charge is 0.295 e. The average Bonchev–Trinajstić information content (AvgIpc) is 2.85. The summed E-state index contributed by atoms with van der Waals surface area (Å²) in [6, 6.07) is 16.7. The minimum absolute atomic E-state index is 0.107. The van der Waals surface area contributed by atoms with E-state index in [4.69, 9.17) is 11.6 Å². The first-order valence-corrected chi connectivity index (χ1v) is 7.62. The maximum Gasteiger partial charge on any atom is 0.280 e. The molecule has 4 nitrogen and oxygen atoms in total. The molecule has 116 valence electrons. The number of halogens is 1. The Kier molecular flexibility index (Phi) is 4.17. The molecule has 23 heavy (non-hydrogen) atoms. The maximum absolute atomic E-state index is 12.7. The number of aromatic amines is 1. The number of aryl methyl sites for hydroxylation is 1. The lowest BCUT2D eigenvalue weighted by molar-refractivity contribution is 0.835. The highest BCUT2D eigenvalue weighted by atomic mass is 35.5. The van der Waals surface area contributed by atoms with Gasteiger partial charge >= 0.3 is 0 Å². The highest BCUT2D eigenvalue weighted by Crippen LogP contribution is 2.18. The minimum Gasteiger partial charge on any atom is -0.295 e. The van der Waals surface area contributed by atoms with Gasteiger partial charge in [0.25, 0.3) is 5.56 Å². The predicted molar refractivity (Wildman–Crippen MR) is 94.4 cm³/mol. The molecule has 0 spiro atoms. The van der Waals surface area contributed by atoms with E-state index in [2.05, 4.69) is 10.1 Å². The Hall–Kier alpha value is -2.59. The molecule has 0 fully saturated rings. The van der Waals surface area contributed by atoms with Crippen LogP contribution in [-0.2, 0) is 0 Å². The molecule has 0 unspecified atom stereocenters. The number of para-hydroxylation sites is 1. The second kappa shape index (κ2) is 6.26. The summed E-state index contributed by atoms with van der Waals surface area (Å²) in [5.74, 6) is 0. The summed E-state index contributed by atoms with van der Waals surface area (Å²) in [5, 5.41) is 3.77. The molecule has 2 aromatic carbocycles. The number of aliphatic imine (C=N–C) groups is 1. The zero-order valence-corrected chi connectivity index (χ0v) is 13.6. The van der Waals surface area contributed by atoms with Crippen LogP contribution >= 0.6 is 11.6 Å². The molecule has 0 radical (unpaired) electrons. The summed E-state index contributed by atoms with van der Waals surface area (Å²) < 4.78 is 1.53. The number of nitrogens with one attached hydrogen (secondary N) is 1. The van der Waals surface area contributed by atoms with Crippen LogP contribution in [0.15, 0.2) is 64.4 Å². The Bertz CT molecular complexity index is 906. The molecule has 0 amide bonds. The summed E-state index contributed by atoms with van der Waals surface area (Å²) in [5.41, 5.74) is 3.49. The van der Waals surface area contributed by atoms with Crippen molar-refractivity contribution in [3.63, 3.8) is 0 Å². The lowest BCUT2D eigenvalue weighted by Crippen LogP contribution is -2.19. The molecule has 1 heterocycles. The number of benzene rings is 2. The number of hydrogen-bond donors (Lipinski definition) is 1. The monoisotopic (exact) mass is 325 g/mol. The van der Waals surface area contributed by atoms with Gasteiger partial charge in [-0.2, -0.15) is 0 Å². The Morgan fingerprint density at radius 2 is 1.74 bits per heavy atom. The van der Waals surface area contributed by atoms with E-state index in [1.165, 1.54) is 4.68 Å². The molecule has 0 saturated heterocycles. The number of aromatic nitrogens is 2. The van der Waals surface area contributed by atoms with E-state index >= 15 is 0 Å². The third-order valence-corrected chi connectivity index (χ3v) is 3.82. The number of hydrogen-bond acceptors (Lipinski definition) is 2. The zero-order valence-electron chi connectivity index (χ0n) is 12.9. The van der Waals surface area contributed by atoms with Gasteiger partial charge in [0.05, 0.1) is 22.6 Å². The van der Waals surface area contributed by atoms with Gasteiger partial charge in [-0.15, -0.1) is 0 Å². The molecule has 1 N–H and O–H groups in total. The van der Waals surface area contributed by atoms with Crippen molar-refractivity contribution < 1.29 is 0 Å². The van der Waals surface area contributed by atoms with Gasteiger partial charge in [0.1, 0.15) is 0 Å². The molecule has 1 aromatic heterocycles. The molecule has 3 rings (SSSR count). The van der Waals surface area contributed by atoms with Crippen molar-refractivity contribution in [3.05, 3.63) is 81.2 Å². The Labute approximate surface area is 139 Å². The first kappa shape index (κ1) is 15.3. The topological polar surface area (TPSA) is 50.1 Å². The fourth-order valence-corrected chi connectivity index (χ4v) is 2.62. The van der Waals surface area contributed by atoms with Gasteiger partial charge in [0.2, 0.25) is 0 Å². The molecule has 0 aliphatic rings. The van der Waals surface area contributed by atoms with Crippen LogP contribution in [0.2, 0.25) is 5.02 Å². The highest BCUT2D eigenvalue weighted by Gasteiger charge is 2.14. The quantitative estimate of drug-likeness (QED) is 0.718. The van der Waals surface area contributed by atoms with E-state index < -0.39 is 0 Å². The Morgan fingerprint density at radius 3 is 2.39 bits per heavy atom. The minimum atomic E-state index is -0.107. The average molecular weight is 326 g/mol. The van der Waals surface area contributed by atoms with E-state index in [-0.39, 0.29) is 5.56 Å². The molecule has 3 aromatic rings. The van der Waals surface area contributed by atoms with Crippen LogP contribution < -0.4 is 5.56 Å². The van der Waals surface area contributed by atoms with Crippen molar-refractivity contribution in [3.8, 4) is 5.69 Å². The molecular formula is C18H16ClN3O. The van der Waals surface area contributed by atoms with Crippen LogP contribution in [0.25, 0.3) is 5.69 Å². The summed E-state index contributed by atoms with van der Waals surface area (Å²) in [7, 11) is 0. The van der Waals surface area contributed by atoms with Crippen LogP contribution in [0, 0.1) is 6.92 Å². The standard InChI is InChI=1S/C18H16ClN3O/c1-12(20-15-10-8-14(19)9-11-15)17-13(2)21-22(18(17)23)16-6-4-3-5-7-16/h3-11,21H,1-2H3. The van der Waals surface area contributed by atoms with Crippen LogP contribution in [0.1, 0.15) is 18.2 Å². The van der Waals surface area contributed by atoms with Gasteiger partial charge in [-0.3, -0.25) is 14.9 Å². The second-order valence-corrected chi connectivity index (χ2v) is 5.70. The molecule has 0 aliphatic heterocycles. The second-order valence-electron chi connectivity index (χ2n) is 5.26. The molecule has 0 bridgehead atoms. The van der Waals surface area contributed by atoms with E-state index in [9.17, 15) is 4.79 Å². The summed E-state index contributed by atoms with van der Waals surface area (Å²) in [6.07, 6.45) is 0. The van der Waals surface area contributed by atoms with Crippen molar-refractivity contribution in [1.82, 2.24) is 9.78 Å². The van der Waals surface area contributed by atoms with Crippen molar-refractivity contribution >= 4 is 23.0 Å². The first-order valence-electron chi connectivity index (χ1n) is 7.24. The molecular weight excluding hydrogens is 310 g/mol. The van der Waals surface area contributed by atoms with Crippen molar-refractivity contribution in [2.75, 3.05) is 0 Å². The Balaban J connectivity index is 2.05.